The van der Waals surface area contributed by atoms with Crippen LogP contribution >= 0.6 is 0 Å². The van der Waals surface area contributed by atoms with Crippen LogP contribution in [0, 0.1) is 0 Å². The number of nitrogens with one attached hydrogen (secondary N) is 1. The molecule has 32 heavy (non-hydrogen) atoms. The van der Waals surface area contributed by atoms with Crippen molar-refractivity contribution in [1.82, 2.24) is 19.6 Å². The molecule has 0 aliphatic rings. The predicted octanol–water partition coefficient (Wildman–Crippen LogP) is 4.17. The molecular weight excluding hydrogens is 400 g/mol. The molecule has 3 aromatic heterocycles. The second-order valence-corrected chi connectivity index (χ2v) is 7.31. The third-order valence-electron chi connectivity index (χ3n) is 5.17. The number of nitrogens with two attached hydrogens (primary N) is 1. The van der Waals surface area contributed by atoms with E-state index < -0.39 is 5.91 Å². The third-order valence-corrected chi connectivity index (χ3v) is 5.17. The molecule has 156 valence electrons. The third kappa shape index (κ3) is 3.79. The number of carbonyl (C=O) groups excluding carboxylic acids is 1. The molecule has 0 aliphatic heterocycles. The first kappa shape index (κ1) is 19.4. The zero-order chi connectivity index (χ0) is 21.9. The van der Waals surface area contributed by atoms with Crippen LogP contribution in [0.4, 0.5) is 5.82 Å². The van der Waals surface area contributed by atoms with Crippen molar-refractivity contribution in [3.63, 3.8) is 0 Å². The number of carbonyl (C=O) groups is 1. The van der Waals surface area contributed by atoms with E-state index in [-0.39, 0.29) is 5.69 Å². The van der Waals surface area contributed by atoms with Crippen LogP contribution < -0.4 is 11.1 Å². The largest absolute Gasteiger partial charge is 0.364 e. The lowest BCUT2D eigenvalue weighted by Crippen LogP contribution is -2.12. The quantitative estimate of drug-likeness (QED) is 0.430. The first-order valence-corrected chi connectivity index (χ1v) is 10.2. The lowest BCUT2D eigenvalue weighted by Gasteiger charge is -2.12. The first-order valence-electron chi connectivity index (χ1n) is 10.2. The highest BCUT2D eigenvalue weighted by atomic mass is 16.1. The van der Waals surface area contributed by atoms with E-state index in [0.717, 1.165) is 22.2 Å². The lowest BCUT2D eigenvalue weighted by molar-refractivity contribution is 0.0995. The summed E-state index contributed by atoms with van der Waals surface area (Å²) in [6.45, 7) is 0.616. The van der Waals surface area contributed by atoms with Gasteiger partial charge in [-0.1, -0.05) is 60.7 Å². The lowest BCUT2D eigenvalue weighted by atomic mass is 10.1. The number of fused-ring (bicyclic) bond motifs is 1. The van der Waals surface area contributed by atoms with Gasteiger partial charge in [0.05, 0.1) is 0 Å². The first-order chi connectivity index (χ1) is 15.7. The Hall–Kier alpha value is -4.52. The summed E-state index contributed by atoms with van der Waals surface area (Å²) in [4.78, 5) is 20.3. The van der Waals surface area contributed by atoms with Crippen molar-refractivity contribution < 1.29 is 4.79 Å². The summed E-state index contributed by atoms with van der Waals surface area (Å²) in [5.74, 6) is 0.629. The number of hydrogen-bond donors (Lipinski definition) is 2. The molecule has 0 unspecified atom stereocenters. The Morgan fingerprint density at radius 2 is 1.66 bits per heavy atom. The summed E-state index contributed by atoms with van der Waals surface area (Å²) < 4.78 is 1.82. The summed E-state index contributed by atoms with van der Waals surface area (Å²) in [6, 6.07) is 25.6. The monoisotopic (exact) mass is 420 g/mol. The molecule has 0 saturated heterocycles. The molecule has 7 nitrogen and oxygen atoms in total. The van der Waals surface area contributed by atoms with E-state index in [1.54, 1.807) is 18.3 Å². The molecular formula is C25H20N6O. The van der Waals surface area contributed by atoms with E-state index in [4.69, 9.17) is 15.8 Å². The molecule has 0 fully saturated rings. The van der Waals surface area contributed by atoms with Crippen molar-refractivity contribution in [2.45, 2.75) is 6.54 Å². The molecule has 5 aromatic rings. The predicted molar refractivity (Wildman–Crippen MR) is 124 cm³/mol. The second-order valence-electron chi connectivity index (χ2n) is 7.31. The van der Waals surface area contributed by atoms with Crippen molar-refractivity contribution in [2.24, 2.45) is 5.73 Å². The maximum atomic E-state index is 11.3. The highest BCUT2D eigenvalue weighted by Gasteiger charge is 2.15. The molecule has 0 atom stereocenters. The summed E-state index contributed by atoms with van der Waals surface area (Å²) in [6.07, 6.45) is 3.48. The van der Waals surface area contributed by atoms with Gasteiger partial charge in [-0.05, 0) is 29.3 Å². The summed E-state index contributed by atoms with van der Waals surface area (Å²) in [7, 11) is 0. The van der Waals surface area contributed by atoms with Crippen molar-refractivity contribution >= 4 is 17.2 Å². The Labute approximate surface area is 184 Å². The van der Waals surface area contributed by atoms with Gasteiger partial charge < -0.3 is 11.1 Å². The van der Waals surface area contributed by atoms with E-state index in [9.17, 15) is 4.79 Å². The van der Waals surface area contributed by atoms with Crippen LogP contribution in [0.25, 0.3) is 28.0 Å². The Morgan fingerprint density at radius 1 is 0.906 bits per heavy atom. The highest BCUT2D eigenvalue weighted by Crippen LogP contribution is 2.31. The number of rotatable bonds is 6. The molecule has 0 saturated carbocycles. The van der Waals surface area contributed by atoms with E-state index in [0.29, 0.717) is 23.8 Å². The summed E-state index contributed by atoms with van der Waals surface area (Å²) in [5.41, 5.74) is 10.3. The average molecular weight is 420 g/mol. The highest BCUT2D eigenvalue weighted by molar-refractivity contribution is 5.91. The van der Waals surface area contributed by atoms with Crippen molar-refractivity contribution in [1.29, 1.82) is 0 Å². The van der Waals surface area contributed by atoms with Gasteiger partial charge in [0.2, 0.25) is 0 Å². The van der Waals surface area contributed by atoms with Gasteiger partial charge in [0, 0.05) is 30.1 Å². The number of amides is 1. The molecule has 3 heterocycles. The van der Waals surface area contributed by atoms with Gasteiger partial charge in [-0.2, -0.15) is 0 Å². The number of nitrogens with zero attached hydrogens (tertiary/aromatic N) is 4. The number of anilines is 1. The molecule has 0 spiro atoms. The Morgan fingerprint density at radius 3 is 2.34 bits per heavy atom. The van der Waals surface area contributed by atoms with Crippen LogP contribution in [-0.2, 0) is 6.54 Å². The van der Waals surface area contributed by atoms with Crippen LogP contribution in [0.5, 0.6) is 0 Å². The average Bonchev–Trinajstić information content (AvgIpc) is 3.28. The fourth-order valence-electron chi connectivity index (χ4n) is 3.57. The van der Waals surface area contributed by atoms with Crippen LogP contribution in [0.2, 0.25) is 0 Å². The molecule has 0 bridgehead atoms. The van der Waals surface area contributed by atoms with Crippen molar-refractivity contribution in [3.05, 3.63) is 103 Å². The minimum atomic E-state index is -0.573. The van der Waals surface area contributed by atoms with Crippen LogP contribution in [0.3, 0.4) is 0 Å². The standard InChI is InChI=1S/C25H20N6O/c26-23(32)21-12-11-19(16-27-21)24-29-25(28-15-17-7-3-1-4-8-17)22-20(13-14-31(22)30-24)18-9-5-2-6-10-18/h1-14,16H,15H2,(H2,26,32)(H,28,29,30). The minimum Gasteiger partial charge on any atom is -0.364 e. The zero-order valence-corrected chi connectivity index (χ0v) is 17.1. The van der Waals surface area contributed by atoms with Gasteiger partial charge in [0.1, 0.15) is 11.2 Å². The molecule has 3 N–H and O–H groups in total. The Balaban J connectivity index is 1.61. The maximum absolute atomic E-state index is 11.3. The van der Waals surface area contributed by atoms with Gasteiger partial charge in [0.15, 0.2) is 11.6 Å². The SMILES string of the molecule is NC(=O)c1ccc(-c2nc(NCc3ccccc3)c3c(-c4ccccc4)ccn3n2)cn1. The molecule has 2 aromatic carbocycles. The molecule has 0 aliphatic carbocycles. The maximum Gasteiger partial charge on any atom is 0.267 e. The second kappa shape index (κ2) is 8.31. The molecule has 0 radical (unpaired) electrons. The normalized spacial score (nSPS) is 10.9. The van der Waals surface area contributed by atoms with Crippen LogP contribution in [0.15, 0.2) is 91.3 Å². The number of aromatic nitrogens is 4. The fraction of sp³-hybridized carbons (Fsp3) is 0.0400. The minimum absolute atomic E-state index is 0.199. The fourth-order valence-corrected chi connectivity index (χ4v) is 3.57. The van der Waals surface area contributed by atoms with Crippen LogP contribution in [0.1, 0.15) is 16.1 Å². The smallest absolute Gasteiger partial charge is 0.267 e. The number of pyridine rings is 1. The van der Waals surface area contributed by atoms with E-state index in [1.165, 1.54) is 0 Å². The van der Waals surface area contributed by atoms with E-state index in [2.05, 4.69) is 34.6 Å². The summed E-state index contributed by atoms with van der Waals surface area (Å²) in [5, 5.41) is 8.16. The number of benzene rings is 2. The molecule has 5 rings (SSSR count). The van der Waals surface area contributed by atoms with Crippen LogP contribution in [-0.4, -0.2) is 25.5 Å². The van der Waals surface area contributed by atoms with Gasteiger partial charge >= 0.3 is 0 Å². The molecule has 7 heteroatoms. The van der Waals surface area contributed by atoms with Gasteiger partial charge in [-0.25, -0.2) is 9.50 Å². The Kier molecular flexibility index (Phi) is 5.05. The zero-order valence-electron chi connectivity index (χ0n) is 17.1. The van der Waals surface area contributed by atoms with E-state index >= 15 is 0 Å². The van der Waals surface area contributed by atoms with E-state index in [1.807, 2.05) is 53.2 Å². The van der Waals surface area contributed by atoms with Gasteiger partial charge in [0.25, 0.3) is 5.91 Å². The number of primary amides is 1. The number of hydrogen-bond acceptors (Lipinski definition) is 5. The topological polar surface area (TPSA) is 98.2 Å². The molecule has 1 amide bonds. The van der Waals surface area contributed by atoms with Gasteiger partial charge in [-0.15, -0.1) is 5.10 Å². The van der Waals surface area contributed by atoms with Crippen molar-refractivity contribution in [3.8, 4) is 22.5 Å². The van der Waals surface area contributed by atoms with Gasteiger partial charge in [-0.3, -0.25) is 9.78 Å². The Bertz CT molecular complexity index is 1380. The van der Waals surface area contributed by atoms with Crippen molar-refractivity contribution in [2.75, 3.05) is 5.32 Å². The summed E-state index contributed by atoms with van der Waals surface area (Å²) >= 11 is 0.